The van der Waals surface area contributed by atoms with E-state index in [2.05, 4.69) is 4.72 Å². The summed E-state index contributed by atoms with van der Waals surface area (Å²) < 4.78 is 31.7. The highest BCUT2D eigenvalue weighted by molar-refractivity contribution is 7.89. The maximum atomic E-state index is 12.1. The Morgan fingerprint density at radius 3 is 2.68 bits per heavy atom. The Hall–Kier alpha value is -0.660. The molecule has 5 nitrogen and oxygen atoms in total. The Morgan fingerprint density at radius 2 is 2.16 bits per heavy atom. The summed E-state index contributed by atoms with van der Waals surface area (Å²) in [5.41, 5.74) is 6.20. The number of ether oxygens (including phenoxy) is 1. The molecule has 0 aliphatic rings. The van der Waals surface area contributed by atoms with Gasteiger partial charge in [-0.25, -0.2) is 13.1 Å². The standard InChI is InChI=1S/C12H19ClN2O3S/c1-9(5-6-18-2)15-19(16,17)11-4-3-10(8-14)12(13)7-11/h3-4,7,9,15H,5-6,8,14H2,1-2H3. The molecular weight excluding hydrogens is 288 g/mol. The third kappa shape index (κ3) is 4.74. The van der Waals surface area contributed by atoms with Crippen LogP contribution in [0.5, 0.6) is 0 Å². The summed E-state index contributed by atoms with van der Waals surface area (Å²) in [4.78, 5) is 0.138. The molecule has 1 unspecified atom stereocenters. The molecule has 1 aromatic rings. The minimum Gasteiger partial charge on any atom is -0.385 e. The highest BCUT2D eigenvalue weighted by atomic mass is 35.5. The molecule has 0 amide bonds. The number of benzene rings is 1. The van der Waals surface area contributed by atoms with Gasteiger partial charge >= 0.3 is 0 Å². The monoisotopic (exact) mass is 306 g/mol. The number of hydrogen-bond donors (Lipinski definition) is 2. The van der Waals surface area contributed by atoms with Crippen LogP contribution in [0.4, 0.5) is 0 Å². The van der Waals surface area contributed by atoms with Crippen molar-refractivity contribution < 1.29 is 13.2 Å². The smallest absolute Gasteiger partial charge is 0.240 e. The van der Waals surface area contributed by atoms with Crippen LogP contribution in [0.15, 0.2) is 23.1 Å². The molecule has 0 bridgehead atoms. The lowest BCUT2D eigenvalue weighted by Crippen LogP contribution is -2.33. The zero-order valence-electron chi connectivity index (χ0n) is 11.0. The molecule has 0 heterocycles. The van der Waals surface area contributed by atoms with Crippen molar-refractivity contribution in [3.05, 3.63) is 28.8 Å². The molecule has 1 rings (SSSR count). The van der Waals surface area contributed by atoms with Gasteiger partial charge in [-0.3, -0.25) is 0 Å². The Kier molecular flexibility index (Phi) is 6.22. The van der Waals surface area contributed by atoms with Gasteiger partial charge in [-0.2, -0.15) is 0 Å². The van der Waals surface area contributed by atoms with Crippen LogP contribution in [0.1, 0.15) is 18.9 Å². The summed E-state index contributed by atoms with van der Waals surface area (Å²) in [7, 11) is -1.99. The average molecular weight is 307 g/mol. The van der Waals surface area contributed by atoms with E-state index >= 15 is 0 Å². The number of hydrogen-bond acceptors (Lipinski definition) is 4. The van der Waals surface area contributed by atoms with E-state index in [1.807, 2.05) is 0 Å². The topological polar surface area (TPSA) is 81.4 Å². The van der Waals surface area contributed by atoms with Crippen LogP contribution in [-0.2, 0) is 21.3 Å². The SMILES string of the molecule is COCCC(C)NS(=O)(=O)c1ccc(CN)c(Cl)c1. The molecule has 1 atom stereocenters. The van der Waals surface area contributed by atoms with E-state index in [0.29, 0.717) is 23.6 Å². The number of methoxy groups -OCH3 is 1. The first-order chi connectivity index (χ1) is 8.90. The van der Waals surface area contributed by atoms with E-state index in [1.165, 1.54) is 12.1 Å². The van der Waals surface area contributed by atoms with Gasteiger partial charge in [-0.1, -0.05) is 17.7 Å². The quantitative estimate of drug-likeness (QED) is 0.800. The van der Waals surface area contributed by atoms with Crippen molar-refractivity contribution >= 4 is 21.6 Å². The molecule has 0 aromatic heterocycles. The highest BCUT2D eigenvalue weighted by Gasteiger charge is 2.18. The lowest BCUT2D eigenvalue weighted by atomic mass is 10.2. The zero-order chi connectivity index (χ0) is 14.5. The van der Waals surface area contributed by atoms with Crippen molar-refractivity contribution in [2.24, 2.45) is 5.73 Å². The molecule has 0 spiro atoms. The Morgan fingerprint density at radius 1 is 1.47 bits per heavy atom. The Balaban J connectivity index is 2.85. The van der Waals surface area contributed by atoms with Crippen LogP contribution in [-0.4, -0.2) is 28.2 Å². The van der Waals surface area contributed by atoms with E-state index in [4.69, 9.17) is 22.1 Å². The third-order valence-electron chi connectivity index (χ3n) is 2.67. The summed E-state index contributed by atoms with van der Waals surface area (Å²) >= 11 is 5.96. The molecule has 108 valence electrons. The fraction of sp³-hybridized carbons (Fsp3) is 0.500. The van der Waals surface area contributed by atoms with E-state index in [0.717, 1.165) is 0 Å². The maximum absolute atomic E-state index is 12.1. The van der Waals surface area contributed by atoms with Gasteiger partial charge in [0.25, 0.3) is 0 Å². The fourth-order valence-corrected chi connectivity index (χ4v) is 3.17. The molecule has 19 heavy (non-hydrogen) atoms. The van der Waals surface area contributed by atoms with Crippen LogP contribution >= 0.6 is 11.6 Å². The van der Waals surface area contributed by atoms with Crippen molar-refractivity contribution in [3.8, 4) is 0 Å². The minimum atomic E-state index is -3.57. The van der Waals surface area contributed by atoms with E-state index in [1.54, 1.807) is 20.1 Å². The number of nitrogens with one attached hydrogen (secondary N) is 1. The van der Waals surface area contributed by atoms with Crippen LogP contribution in [0.3, 0.4) is 0 Å². The maximum Gasteiger partial charge on any atom is 0.240 e. The van der Waals surface area contributed by atoms with Crippen LogP contribution in [0, 0.1) is 0 Å². The third-order valence-corrected chi connectivity index (χ3v) is 4.61. The van der Waals surface area contributed by atoms with Crippen molar-refractivity contribution in [1.82, 2.24) is 4.72 Å². The normalized spacial score (nSPS) is 13.5. The number of sulfonamides is 1. The first-order valence-corrected chi connectivity index (χ1v) is 7.76. The second-order valence-corrected chi connectivity index (χ2v) is 6.38. The number of nitrogens with two attached hydrogens (primary N) is 1. The molecule has 3 N–H and O–H groups in total. The van der Waals surface area contributed by atoms with Crippen molar-refractivity contribution in [3.63, 3.8) is 0 Å². The Bertz CT molecular complexity index is 520. The molecule has 0 saturated heterocycles. The second-order valence-electron chi connectivity index (χ2n) is 4.26. The van der Waals surface area contributed by atoms with Gasteiger partial charge in [0.1, 0.15) is 0 Å². The van der Waals surface area contributed by atoms with Crippen molar-refractivity contribution in [2.45, 2.75) is 30.8 Å². The van der Waals surface area contributed by atoms with Gasteiger partial charge in [-0.05, 0) is 31.0 Å². The van der Waals surface area contributed by atoms with Crippen LogP contribution in [0.2, 0.25) is 5.02 Å². The molecule has 0 saturated carbocycles. The first-order valence-electron chi connectivity index (χ1n) is 5.90. The summed E-state index contributed by atoms with van der Waals surface area (Å²) in [5.74, 6) is 0. The molecule has 0 aliphatic carbocycles. The summed E-state index contributed by atoms with van der Waals surface area (Å²) in [6.45, 7) is 2.56. The molecule has 0 radical (unpaired) electrons. The van der Waals surface area contributed by atoms with Gasteiger partial charge in [-0.15, -0.1) is 0 Å². The van der Waals surface area contributed by atoms with E-state index in [9.17, 15) is 8.42 Å². The van der Waals surface area contributed by atoms with Gasteiger partial charge in [0.05, 0.1) is 4.90 Å². The summed E-state index contributed by atoms with van der Waals surface area (Å²) in [6.07, 6.45) is 0.602. The lowest BCUT2D eigenvalue weighted by Gasteiger charge is -2.14. The number of halogens is 1. The van der Waals surface area contributed by atoms with Gasteiger partial charge in [0.15, 0.2) is 0 Å². The fourth-order valence-electron chi connectivity index (χ4n) is 1.55. The Labute approximate surface area is 119 Å². The van der Waals surface area contributed by atoms with Crippen LogP contribution in [0.25, 0.3) is 0 Å². The van der Waals surface area contributed by atoms with E-state index < -0.39 is 10.0 Å². The molecular formula is C12H19ClN2O3S. The zero-order valence-corrected chi connectivity index (χ0v) is 12.6. The van der Waals surface area contributed by atoms with Crippen molar-refractivity contribution in [2.75, 3.05) is 13.7 Å². The molecule has 0 aliphatic heterocycles. The first kappa shape index (κ1) is 16.4. The number of rotatable bonds is 7. The summed E-state index contributed by atoms with van der Waals surface area (Å²) in [5, 5.41) is 0.356. The van der Waals surface area contributed by atoms with Crippen molar-refractivity contribution in [1.29, 1.82) is 0 Å². The van der Waals surface area contributed by atoms with E-state index in [-0.39, 0.29) is 17.5 Å². The second kappa shape index (κ2) is 7.21. The van der Waals surface area contributed by atoms with Crippen LogP contribution < -0.4 is 10.5 Å². The minimum absolute atomic E-state index is 0.138. The summed E-state index contributed by atoms with van der Waals surface area (Å²) in [6, 6.07) is 4.32. The highest BCUT2D eigenvalue weighted by Crippen LogP contribution is 2.20. The average Bonchev–Trinajstić information content (AvgIpc) is 2.35. The lowest BCUT2D eigenvalue weighted by molar-refractivity contribution is 0.188. The predicted octanol–water partition coefficient (Wildman–Crippen LogP) is 1.50. The molecule has 0 fully saturated rings. The largest absolute Gasteiger partial charge is 0.385 e. The molecule has 7 heteroatoms. The van der Waals surface area contributed by atoms with Gasteiger partial charge in [0, 0.05) is 31.3 Å². The molecule has 1 aromatic carbocycles. The van der Waals surface area contributed by atoms with Gasteiger partial charge in [0.2, 0.25) is 10.0 Å². The predicted molar refractivity (Wildman–Crippen MR) is 75.6 cm³/mol. The van der Waals surface area contributed by atoms with Gasteiger partial charge < -0.3 is 10.5 Å².